The molecule has 2 rings (SSSR count). The van der Waals surface area contributed by atoms with E-state index >= 15 is 0 Å². The lowest BCUT2D eigenvalue weighted by Crippen LogP contribution is -2.22. The Bertz CT molecular complexity index is 636. The molecular formula is C16H21NO4. The summed E-state index contributed by atoms with van der Waals surface area (Å²) in [6.07, 6.45) is 1.78. The van der Waals surface area contributed by atoms with E-state index in [0.717, 1.165) is 5.39 Å². The highest BCUT2D eigenvalue weighted by molar-refractivity contribution is 5.87. The number of hydrogen-bond donors (Lipinski definition) is 0. The van der Waals surface area contributed by atoms with Crippen molar-refractivity contribution in [1.29, 1.82) is 0 Å². The molecule has 2 aromatic rings. The second-order valence-electron chi connectivity index (χ2n) is 4.57. The van der Waals surface area contributed by atoms with E-state index in [4.69, 9.17) is 14.2 Å². The van der Waals surface area contributed by atoms with Gasteiger partial charge in [-0.1, -0.05) is 6.07 Å². The van der Waals surface area contributed by atoms with Gasteiger partial charge in [-0.2, -0.15) is 0 Å². The summed E-state index contributed by atoms with van der Waals surface area (Å²) in [6.45, 7) is 4.65. The molecule has 21 heavy (non-hydrogen) atoms. The van der Waals surface area contributed by atoms with Gasteiger partial charge in [0.2, 0.25) is 0 Å². The molecule has 1 aromatic heterocycles. The molecule has 5 nitrogen and oxygen atoms in total. The van der Waals surface area contributed by atoms with Gasteiger partial charge in [0.25, 0.3) is 5.56 Å². The van der Waals surface area contributed by atoms with Crippen LogP contribution in [-0.4, -0.2) is 38.1 Å². The summed E-state index contributed by atoms with van der Waals surface area (Å²) in [5, 5.41) is 1.48. The average Bonchev–Trinajstić information content (AvgIpc) is 2.50. The molecule has 0 atom stereocenters. The van der Waals surface area contributed by atoms with Gasteiger partial charge in [0, 0.05) is 31.8 Å². The number of ether oxygens (including phenoxy) is 3. The first-order chi connectivity index (χ1) is 10.3. The maximum atomic E-state index is 12.4. The van der Waals surface area contributed by atoms with Crippen LogP contribution in [-0.2, 0) is 16.0 Å². The van der Waals surface area contributed by atoms with Gasteiger partial charge >= 0.3 is 0 Å². The molecule has 0 amide bonds. The average molecular weight is 291 g/mol. The zero-order valence-electron chi connectivity index (χ0n) is 12.5. The van der Waals surface area contributed by atoms with Gasteiger partial charge in [-0.25, -0.2) is 0 Å². The van der Waals surface area contributed by atoms with E-state index in [1.54, 1.807) is 17.9 Å². The van der Waals surface area contributed by atoms with Crippen molar-refractivity contribution < 1.29 is 14.2 Å². The molecule has 0 saturated heterocycles. The number of hydrogen-bond acceptors (Lipinski definition) is 4. The second-order valence-corrected chi connectivity index (χ2v) is 4.57. The predicted octanol–water partition coefficient (Wildman–Crippen LogP) is 2.06. The Morgan fingerprint density at radius 1 is 1.10 bits per heavy atom. The van der Waals surface area contributed by atoms with E-state index in [1.165, 1.54) is 0 Å². The van der Waals surface area contributed by atoms with Crippen molar-refractivity contribution in [3.63, 3.8) is 0 Å². The zero-order valence-corrected chi connectivity index (χ0v) is 12.5. The van der Waals surface area contributed by atoms with Gasteiger partial charge in [0.05, 0.1) is 18.6 Å². The lowest BCUT2D eigenvalue weighted by molar-refractivity contribution is 0.138. The first-order valence-corrected chi connectivity index (χ1v) is 7.09. The number of fused-ring (bicyclic) bond motifs is 1. The summed E-state index contributed by atoms with van der Waals surface area (Å²) in [7, 11) is 1.63. The lowest BCUT2D eigenvalue weighted by atomic mass is 10.1. The van der Waals surface area contributed by atoms with Crippen molar-refractivity contribution in [2.45, 2.75) is 13.5 Å². The van der Waals surface area contributed by atoms with Crippen molar-refractivity contribution in [1.82, 2.24) is 4.57 Å². The molecule has 1 aromatic carbocycles. The SMILES string of the molecule is CCOCCn1ccc2c(OCCOC)cccc2c1=O. The van der Waals surface area contributed by atoms with Gasteiger partial charge in [-0.05, 0) is 25.1 Å². The Labute approximate surface area is 124 Å². The summed E-state index contributed by atoms with van der Waals surface area (Å²) in [6, 6.07) is 7.42. The number of methoxy groups -OCH3 is 1. The Hall–Kier alpha value is -1.85. The fourth-order valence-corrected chi connectivity index (χ4v) is 2.13. The molecule has 0 spiro atoms. The summed E-state index contributed by atoms with van der Waals surface area (Å²) in [5.74, 6) is 0.707. The van der Waals surface area contributed by atoms with Crippen LogP contribution in [0.15, 0.2) is 35.3 Å². The third-order valence-electron chi connectivity index (χ3n) is 3.20. The minimum absolute atomic E-state index is 0.0237. The molecule has 0 unspecified atom stereocenters. The van der Waals surface area contributed by atoms with E-state index < -0.39 is 0 Å². The Balaban J connectivity index is 2.27. The summed E-state index contributed by atoms with van der Waals surface area (Å²) in [4.78, 5) is 12.4. The molecule has 5 heteroatoms. The van der Waals surface area contributed by atoms with Crippen LogP contribution in [0, 0.1) is 0 Å². The van der Waals surface area contributed by atoms with Gasteiger partial charge in [0.15, 0.2) is 0 Å². The first kappa shape index (κ1) is 15.5. The van der Waals surface area contributed by atoms with Crippen LogP contribution in [0.25, 0.3) is 10.8 Å². The van der Waals surface area contributed by atoms with E-state index in [-0.39, 0.29) is 5.56 Å². The van der Waals surface area contributed by atoms with Crippen molar-refractivity contribution in [3.05, 3.63) is 40.8 Å². The Morgan fingerprint density at radius 2 is 1.95 bits per heavy atom. The maximum absolute atomic E-state index is 12.4. The highest BCUT2D eigenvalue weighted by atomic mass is 16.5. The third kappa shape index (κ3) is 3.83. The molecule has 0 saturated carbocycles. The summed E-state index contributed by atoms with van der Waals surface area (Å²) < 4.78 is 17.6. The van der Waals surface area contributed by atoms with Crippen molar-refractivity contribution in [2.75, 3.05) is 33.5 Å². The smallest absolute Gasteiger partial charge is 0.258 e. The highest BCUT2D eigenvalue weighted by Gasteiger charge is 2.07. The van der Waals surface area contributed by atoms with Gasteiger partial charge in [0.1, 0.15) is 12.4 Å². The topological polar surface area (TPSA) is 49.7 Å². The normalized spacial score (nSPS) is 11.0. The third-order valence-corrected chi connectivity index (χ3v) is 3.20. The van der Waals surface area contributed by atoms with E-state index in [0.29, 0.717) is 44.1 Å². The Kier molecular flexibility index (Phi) is 5.78. The number of nitrogens with zero attached hydrogens (tertiary/aromatic N) is 1. The molecule has 0 N–H and O–H groups in total. The van der Waals surface area contributed by atoms with Gasteiger partial charge in [-0.15, -0.1) is 0 Å². The fourth-order valence-electron chi connectivity index (χ4n) is 2.13. The number of pyridine rings is 1. The first-order valence-electron chi connectivity index (χ1n) is 7.09. The van der Waals surface area contributed by atoms with E-state index in [9.17, 15) is 4.79 Å². The van der Waals surface area contributed by atoms with Gasteiger partial charge in [-0.3, -0.25) is 4.79 Å². The molecular weight excluding hydrogens is 270 g/mol. The standard InChI is InChI=1S/C16H21NO4/c1-3-20-10-9-17-8-7-13-14(16(17)18)5-4-6-15(13)21-12-11-19-2/h4-8H,3,9-12H2,1-2H3. The lowest BCUT2D eigenvalue weighted by Gasteiger charge is -2.11. The Morgan fingerprint density at radius 3 is 2.71 bits per heavy atom. The molecule has 1 heterocycles. The van der Waals surface area contributed by atoms with E-state index in [1.807, 2.05) is 31.2 Å². The van der Waals surface area contributed by atoms with Crippen LogP contribution >= 0.6 is 0 Å². The molecule has 0 bridgehead atoms. The van der Waals surface area contributed by atoms with Crippen LogP contribution in [0.3, 0.4) is 0 Å². The second kappa shape index (κ2) is 7.81. The number of rotatable bonds is 8. The molecule has 0 aliphatic rings. The van der Waals surface area contributed by atoms with Gasteiger partial charge < -0.3 is 18.8 Å². The van der Waals surface area contributed by atoms with Crippen LogP contribution in [0.4, 0.5) is 0 Å². The van der Waals surface area contributed by atoms with Crippen molar-refractivity contribution >= 4 is 10.8 Å². The largest absolute Gasteiger partial charge is 0.491 e. The summed E-state index contributed by atoms with van der Waals surface area (Å²) >= 11 is 0. The maximum Gasteiger partial charge on any atom is 0.258 e. The highest BCUT2D eigenvalue weighted by Crippen LogP contribution is 2.22. The number of benzene rings is 1. The minimum atomic E-state index is -0.0237. The molecule has 0 radical (unpaired) electrons. The quantitative estimate of drug-likeness (QED) is 0.699. The summed E-state index contributed by atoms with van der Waals surface area (Å²) in [5.41, 5.74) is -0.0237. The van der Waals surface area contributed by atoms with Crippen molar-refractivity contribution in [3.8, 4) is 5.75 Å². The van der Waals surface area contributed by atoms with Crippen LogP contribution in [0.5, 0.6) is 5.75 Å². The van der Waals surface area contributed by atoms with Crippen LogP contribution in [0.2, 0.25) is 0 Å². The molecule has 114 valence electrons. The molecule has 0 aliphatic carbocycles. The minimum Gasteiger partial charge on any atom is -0.491 e. The van der Waals surface area contributed by atoms with Crippen molar-refractivity contribution in [2.24, 2.45) is 0 Å². The van der Waals surface area contributed by atoms with Crippen LogP contribution in [0.1, 0.15) is 6.92 Å². The van der Waals surface area contributed by atoms with E-state index in [2.05, 4.69) is 0 Å². The zero-order chi connectivity index (χ0) is 15.1. The predicted molar refractivity (Wildman–Crippen MR) is 82.1 cm³/mol. The molecule has 0 aliphatic heterocycles. The van der Waals surface area contributed by atoms with Crippen LogP contribution < -0.4 is 10.3 Å². The molecule has 0 fully saturated rings. The monoisotopic (exact) mass is 291 g/mol. The fraction of sp³-hybridized carbons (Fsp3) is 0.438. The number of aromatic nitrogens is 1.